The van der Waals surface area contributed by atoms with E-state index in [0.29, 0.717) is 0 Å². The average Bonchev–Trinajstić information content (AvgIpc) is 3.87. The molecule has 0 radical (unpaired) electrons. The van der Waals surface area contributed by atoms with Crippen LogP contribution in [0.1, 0.15) is 0 Å². The number of hydrogen-bond acceptors (Lipinski definition) is 2. The minimum atomic E-state index is 1.11. The highest BCUT2D eigenvalue weighted by atomic mass is 32.1. The molecule has 2 aromatic heterocycles. The molecule has 0 amide bonds. The summed E-state index contributed by atoms with van der Waals surface area (Å²) in [5.74, 6) is 0. The Morgan fingerprint density at radius 1 is 0.295 bits per heavy atom. The lowest BCUT2D eigenvalue weighted by atomic mass is 9.97. The van der Waals surface area contributed by atoms with Gasteiger partial charge in [0.05, 0.1) is 11.0 Å². The summed E-state index contributed by atoms with van der Waals surface area (Å²) < 4.78 is 4.98. The van der Waals surface area contributed by atoms with Crippen LogP contribution in [0.2, 0.25) is 0 Å². The van der Waals surface area contributed by atoms with Gasteiger partial charge in [-0.1, -0.05) is 140 Å². The highest BCUT2D eigenvalue weighted by Crippen LogP contribution is 2.42. The van der Waals surface area contributed by atoms with Crippen molar-refractivity contribution in [1.82, 2.24) is 4.57 Å². The molecule has 0 N–H and O–H groups in total. The molecule has 0 aliphatic heterocycles. The van der Waals surface area contributed by atoms with E-state index in [-0.39, 0.29) is 0 Å². The number of hydrogen-bond donors (Lipinski definition) is 0. The standard InChI is InChI=1S/C58H38N2S/c1-2-15-47(16-3-1)60-55-19-8-6-17-51(55)53-37-46(27-33-56(53)60)41-25-30-49(31-26-41)59(50-32-34-58-54(38-50)52-18-7-9-20-57(52)61-58)48-28-23-40(24-29-48)43-13-10-14-44(35-43)45-22-21-39-11-4-5-12-42(39)36-45/h1-38H. The van der Waals surface area contributed by atoms with Crippen LogP contribution in [-0.4, -0.2) is 4.57 Å². The van der Waals surface area contributed by atoms with Crippen molar-refractivity contribution < 1.29 is 0 Å². The number of thiophene rings is 1. The summed E-state index contributed by atoms with van der Waals surface area (Å²) >= 11 is 1.85. The third kappa shape index (κ3) is 6.18. The van der Waals surface area contributed by atoms with Crippen LogP contribution in [-0.2, 0) is 0 Å². The number of benzene rings is 10. The summed E-state index contributed by atoms with van der Waals surface area (Å²) in [5.41, 5.74) is 14.1. The Labute approximate surface area is 358 Å². The molecule has 61 heavy (non-hydrogen) atoms. The van der Waals surface area contributed by atoms with Gasteiger partial charge in [0.25, 0.3) is 0 Å². The Morgan fingerprint density at radius 3 is 1.64 bits per heavy atom. The molecule has 0 saturated heterocycles. The summed E-state index contributed by atoms with van der Waals surface area (Å²) in [6.07, 6.45) is 0. The van der Waals surface area contributed by atoms with Crippen molar-refractivity contribution in [2.24, 2.45) is 0 Å². The van der Waals surface area contributed by atoms with Gasteiger partial charge >= 0.3 is 0 Å². The van der Waals surface area contributed by atoms with Gasteiger partial charge in [0.15, 0.2) is 0 Å². The maximum absolute atomic E-state index is 2.39. The first-order valence-electron chi connectivity index (χ1n) is 20.8. The fourth-order valence-electron chi connectivity index (χ4n) is 9.16. The lowest BCUT2D eigenvalue weighted by molar-refractivity contribution is 1.18. The van der Waals surface area contributed by atoms with Gasteiger partial charge in [0.2, 0.25) is 0 Å². The quantitative estimate of drug-likeness (QED) is 0.156. The topological polar surface area (TPSA) is 8.17 Å². The third-order valence-electron chi connectivity index (χ3n) is 12.2. The molecule has 12 rings (SSSR count). The molecule has 0 aliphatic carbocycles. The number of anilines is 3. The molecule has 0 fully saturated rings. The van der Waals surface area contributed by atoms with Gasteiger partial charge in [-0.05, 0) is 135 Å². The molecule has 0 saturated carbocycles. The SMILES string of the molecule is c1ccc(-n2c3ccccc3c3cc(-c4ccc(N(c5ccc(-c6cccc(-c7ccc8ccccc8c7)c6)cc5)c5ccc6sc7ccccc7c6c5)cc4)ccc32)cc1. The largest absolute Gasteiger partial charge is 0.310 e. The minimum absolute atomic E-state index is 1.11. The molecule has 2 nitrogen and oxygen atoms in total. The molecule has 0 unspecified atom stereocenters. The van der Waals surface area contributed by atoms with Crippen LogP contribution >= 0.6 is 11.3 Å². The highest BCUT2D eigenvalue weighted by molar-refractivity contribution is 7.25. The van der Waals surface area contributed by atoms with Crippen LogP contribution in [0.5, 0.6) is 0 Å². The third-order valence-corrected chi connectivity index (χ3v) is 13.3. The second kappa shape index (κ2) is 14.5. The van der Waals surface area contributed by atoms with Gasteiger partial charge in [-0.15, -0.1) is 11.3 Å². The van der Waals surface area contributed by atoms with Gasteiger partial charge in [-0.2, -0.15) is 0 Å². The van der Waals surface area contributed by atoms with E-state index < -0.39 is 0 Å². The zero-order valence-electron chi connectivity index (χ0n) is 33.2. The predicted octanol–water partition coefficient (Wildman–Crippen LogP) is 16.8. The fourth-order valence-corrected chi connectivity index (χ4v) is 10.2. The second-order valence-corrected chi connectivity index (χ2v) is 16.9. The van der Waals surface area contributed by atoms with Crippen LogP contribution in [0, 0.1) is 0 Å². The molecule has 12 aromatic rings. The molecular formula is C58H38N2S. The molecule has 0 bridgehead atoms. The molecule has 2 heterocycles. The van der Waals surface area contributed by atoms with Gasteiger partial charge in [-0.25, -0.2) is 0 Å². The first kappa shape index (κ1) is 35.2. The summed E-state index contributed by atoms with van der Waals surface area (Å²) in [6, 6.07) is 84.2. The van der Waals surface area contributed by atoms with Crippen LogP contribution in [0.25, 0.3) is 91.8 Å². The van der Waals surface area contributed by atoms with E-state index in [4.69, 9.17) is 0 Å². The molecule has 10 aromatic carbocycles. The summed E-state index contributed by atoms with van der Waals surface area (Å²) in [6.45, 7) is 0. The van der Waals surface area contributed by atoms with Crippen molar-refractivity contribution >= 4 is 81.1 Å². The van der Waals surface area contributed by atoms with Crippen LogP contribution in [0.3, 0.4) is 0 Å². The summed E-state index contributed by atoms with van der Waals surface area (Å²) in [7, 11) is 0. The molecule has 286 valence electrons. The lowest BCUT2D eigenvalue weighted by Crippen LogP contribution is -2.09. The normalized spacial score (nSPS) is 11.6. The minimum Gasteiger partial charge on any atom is -0.310 e. The Hall–Kier alpha value is -7.72. The summed E-state index contributed by atoms with van der Waals surface area (Å²) in [4.78, 5) is 2.39. The van der Waals surface area contributed by atoms with Crippen molar-refractivity contribution in [2.45, 2.75) is 0 Å². The van der Waals surface area contributed by atoms with Gasteiger partial charge in [0.1, 0.15) is 0 Å². The maximum Gasteiger partial charge on any atom is 0.0541 e. The van der Waals surface area contributed by atoms with Crippen LogP contribution in [0.15, 0.2) is 231 Å². The molecule has 0 atom stereocenters. The predicted molar refractivity (Wildman–Crippen MR) is 262 cm³/mol. The van der Waals surface area contributed by atoms with Crippen molar-refractivity contribution in [1.29, 1.82) is 0 Å². The molecule has 0 spiro atoms. The Morgan fingerprint density at radius 2 is 0.852 bits per heavy atom. The first-order chi connectivity index (χ1) is 30.2. The Balaban J connectivity index is 0.929. The Bertz CT molecular complexity index is 3580. The first-order valence-corrected chi connectivity index (χ1v) is 21.6. The second-order valence-electron chi connectivity index (χ2n) is 15.8. The molecule has 3 heteroatoms. The average molecular weight is 795 g/mol. The monoisotopic (exact) mass is 794 g/mol. The molecular weight excluding hydrogens is 757 g/mol. The van der Waals surface area contributed by atoms with Gasteiger partial charge in [-0.3, -0.25) is 0 Å². The number of para-hydroxylation sites is 2. The Kier molecular flexibility index (Phi) is 8.39. The fraction of sp³-hybridized carbons (Fsp3) is 0. The van der Waals surface area contributed by atoms with E-state index in [1.165, 1.54) is 91.8 Å². The van der Waals surface area contributed by atoms with Crippen LogP contribution < -0.4 is 4.90 Å². The highest BCUT2D eigenvalue weighted by Gasteiger charge is 2.17. The van der Waals surface area contributed by atoms with E-state index in [1.54, 1.807) is 0 Å². The number of fused-ring (bicyclic) bond motifs is 7. The lowest BCUT2D eigenvalue weighted by Gasteiger charge is -2.26. The van der Waals surface area contributed by atoms with E-state index >= 15 is 0 Å². The van der Waals surface area contributed by atoms with Crippen molar-refractivity contribution in [3.8, 4) is 39.1 Å². The van der Waals surface area contributed by atoms with E-state index in [1.807, 2.05) is 11.3 Å². The van der Waals surface area contributed by atoms with E-state index in [9.17, 15) is 0 Å². The van der Waals surface area contributed by atoms with Gasteiger partial charge < -0.3 is 9.47 Å². The van der Waals surface area contributed by atoms with Gasteiger partial charge in [0, 0.05) is 53.7 Å². The maximum atomic E-state index is 2.39. The van der Waals surface area contributed by atoms with Crippen molar-refractivity contribution in [3.05, 3.63) is 231 Å². The zero-order chi connectivity index (χ0) is 40.3. The van der Waals surface area contributed by atoms with Crippen LogP contribution in [0.4, 0.5) is 17.1 Å². The van der Waals surface area contributed by atoms with Crippen molar-refractivity contribution in [3.63, 3.8) is 0 Å². The van der Waals surface area contributed by atoms with E-state index in [0.717, 1.165) is 17.1 Å². The smallest absolute Gasteiger partial charge is 0.0541 e. The van der Waals surface area contributed by atoms with Crippen molar-refractivity contribution in [2.75, 3.05) is 4.90 Å². The zero-order valence-corrected chi connectivity index (χ0v) is 34.1. The number of nitrogens with zero attached hydrogens (tertiary/aromatic N) is 2. The number of aromatic nitrogens is 1. The number of rotatable bonds is 7. The molecule has 0 aliphatic rings. The summed E-state index contributed by atoms with van der Waals surface area (Å²) in [5, 5.41) is 7.60. The van der Waals surface area contributed by atoms with E-state index in [2.05, 4.69) is 240 Å².